The van der Waals surface area contributed by atoms with Gasteiger partial charge < -0.3 is 9.52 Å². The molecule has 5 nitrogen and oxygen atoms in total. The first-order valence-electron chi connectivity index (χ1n) is 5.46. The Morgan fingerprint density at radius 2 is 2.26 bits per heavy atom. The first-order chi connectivity index (χ1) is 8.90. The van der Waals surface area contributed by atoms with Crippen molar-refractivity contribution in [1.82, 2.24) is 4.90 Å². The Balaban J connectivity index is 2.27. The second kappa shape index (κ2) is 5.18. The third-order valence-corrected chi connectivity index (χ3v) is 3.93. The molecule has 1 aliphatic rings. The summed E-state index contributed by atoms with van der Waals surface area (Å²) in [5.74, 6) is -0.216. The molecule has 0 aliphatic carbocycles. The van der Waals surface area contributed by atoms with Crippen molar-refractivity contribution in [1.29, 1.82) is 0 Å². The molecular weight excluding hydrogens is 286 g/mol. The third-order valence-electron chi connectivity index (χ3n) is 2.60. The van der Waals surface area contributed by atoms with E-state index < -0.39 is 17.9 Å². The number of thiocarbonyl (C=S) groups is 1. The fourth-order valence-corrected chi connectivity index (χ4v) is 2.98. The molecule has 1 fully saturated rings. The van der Waals surface area contributed by atoms with E-state index in [4.69, 9.17) is 21.7 Å². The van der Waals surface area contributed by atoms with Gasteiger partial charge in [-0.25, -0.2) is 4.79 Å². The topological polar surface area (TPSA) is 70.8 Å². The van der Waals surface area contributed by atoms with Crippen LogP contribution in [0.25, 0.3) is 6.08 Å². The molecule has 2 heterocycles. The number of hydrogen-bond acceptors (Lipinski definition) is 5. The normalized spacial score (nSPS) is 19.3. The van der Waals surface area contributed by atoms with Crippen LogP contribution in [0.2, 0.25) is 0 Å². The fourth-order valence-electron chi connectivity index (χ4n) is 1.58. The molecule has 19 heavy (non-hydrogen) atoms. The summed E-state index contributed by atoms with van der Waals surface area (Å²) in [6, 6.07) is 2.55. The molecule has 1 N–H and O–H groups in total. The van der Waals surface area contributed by atoms with Crippen LogP contribution >= 0.6 is 24.0 Å². The molecule has 1 aromatic heterocycles. The summed E-state index contributed by atoms with van der Waals surface area (Å²) >= 11 is 6.12. The average molecular weight is 297 g/mol. The number of amides is 1. The highest BCUT2D eigenvalue weighted by molar-refractivity contribution is 8.26. The average Bonchev–Trinajstić information content (AvgIpc) is 2.84. The number of carbonyl (C=O) groups excluding carboxylic acids is 1. The van der Waals surface area contributed by atoms with Crippen molar-refractivity contribution >= 4 is 46.3 Å². The second-order valence-corrected chi connectivity index (χ2v) is 5.69. The minimum absolute atomic E-state index is 0.245. The Morgan fingerprint density at radius 1 is 1.58 bits per heavy atom. The van der Waals surface area contributed by atoms with Crippen LogP contribution in [0.5, 0.6) is 0 Å². The number of carboxylic acid groups (broad SMARTS) is 1. The molecule has 0 bridgehead atoms. The molecular formula is C12H11NO4S2. The smallest absolute Gasteiger partial charge is 0.326 e. The fraction of sp³-hybridized carbons (Fsp3) is 0.250. The summed E-state index contributed by atoms with van der Waals surface area (Å²) in [5, 5.41) is 8.96. The lowest BCUT2D eigenvalue weighted by molar-refractivity contribution is -0.144. The Labute approximate surface area is 119 Å². The summed E-state index contributed by atoms with van der Waals surface area (Å²) in [6.07, 6.45) is 1.57. The summed E-state index contributed by atoms with van der Waals surface area (Å²) in [7, 11) is 0. The van der Waals surface area contributed by atoms with E-state index in [-0.39, 0.29) is 4.32 Å². The van der Waals surface area contributed by atoms with E-state index in [9.17, 15) is 9.59 Å². The molecule has 1 amide bonds. The van der Waals surface area contributed by atoms with Crippen LogP contribution < -0.4 is 0 Å². The van der Waals surface area contributed by atoms with Gasteiger partial charge in [0.2, 0.25) is 0 Å². The SMILES string of the molecule is Cc1ccc(/C=C2\SC(=S)N([C@@H](C)C(=O)O)C2=O)o1. The number of aliphatic carboxylic acids is 1. The maximum Gasteiger partial charge on any atom is 0.326 e. The molecule has 0 saturated carbocycles. The van der Waals surface area contributed by atoms with Gasteiger partial charge in [-0.3, -0.25) is 9.69 Å². The lowest BCUT2D eigenvalue weighted by Gasteiger charge is -2.18. The summed E-state index contributed by atoms with van der Waals surface area (Å²) in [4.78, 5) is 24.5. The zero-order valence-corrected chi connectivity index (χ0v) is 11.9. The molecule has 1 atom stereocenters. The maximum atomic E-state index is 12.1. The predicted molar refractivity (Wildman–Crippen MR) is 75.6 cm³/mol. The second-order valence-electron chi connectivity index (χ2n) is 4.01. The lowest BCUT2D eigenvalue weighted by atomic mass is 10.3. The van der Waals surface area contributed by atoms with Crippen LogP contribution in [0.1, 0.15) is 18.4 Å². The lowest BCUT2D eigenvalue weighted by Crippen LogP contribution is -2.41. The van der Waals surface area contributed by atoms with Crippen molar-refractivity contribution in [3.8, 4) is 0 Å². The number of rotatable bonds is 3. The van der Waals surface area contributed by atoms with Crippen molar-refractivity contribution in [3.63, 3.8) is 0 Å². The van der Waals surface area contributed by atoms with Crippen LogP contribution in [-0.2, 0) is 9.59 Å². The van der Waals surface area contributed by atoms with E-state index in [0.717, 1.165) is 22.4 Å². The standard InChI is InChI=1S/C12H11NO4S2/c1-6-3-4-8(17-6)5-9-10(14)13(12(18)19-9)7(2)11(15)16/h3-5,7H,1-2H3,(H,15,16)/b9-5-/t7-/m0/s1. The molecule has 7 heteroatoms. The Kier molecular flexibility index (Phi) is 3.77. The van der Waals surface area contributed by atoms with Gasteiger partial charge in [0.25, 0.3) is 5.91 Å². The maximum absolute atomic E-state index is 12.1. The van der Waals surface area contributed by atoms with Crippen LogP contribution in [0.15, 0.2) is 21.5 Å². The van der Waals surface area contributed by atoms with Crippen LogP contribution in [0.3, 0.4) is 0 Å². The highest BCUT2D eigenvalue weighted by atomic mass is 32.2. The van der Waals surface area contributed by atoms with E-state index in [0.29, 0.717) is 10.7 Å². The number of carboxylic acids is 1. The highest BCUT2D eigenvalue weighted by Crippen LogP contribution is 2.34. The minimum Gasteiger partial charge on any atom is -0.480 e. The van der Waals surface area contributed by atoms with Crippen LogP contribution in [0.4, 0.5) is 0 Å². The number of thioether (sulfide) groups is 1. The molecule has 0 spiro atoms. The van der Waals surface area contributed by atoms with Gasteiger partial charge in [-0.15, -0.1) is 0 Å². The Hall–Kier alpha value is -1.60. The van der Waals surface area contributed by atoms with Crippen LogP contribution in [0, 0.1) is 6.92 Å². The number of carbonyl (C=O) groups is 2. The molecule has 2 rings (SSSR count). The van der Waals surface area contributed by atoms with Crippen molar-refractivity contribution in [3.05, 3.63) is 28.6 Å². The zero-order chi connectivity index (χ0) is 14.2. The largest absolute Gasteiger partial charge is 0.480 e. The van der Waals surface area contributed by atoms with Gasteiger partial charge in [-0.1, -0.05) is 24.0 Å². The van der Waals surface area contributed by atoms with Crippen molar-refractivity contribution in [2.75, 3.05) is 0 Å². The number of nitrogens with zero attached hydrogens (tertiary/aromatic N) is 1. The van der Waals surface area contributed by atoms with Gasteiger partial charge in [0, 0.05) is 6.08 Å². The first-order valence-corrected chi connectivity index (χ1v) is 6.69. The molecule has 100 valence electrons. The number of hydrogen-bond donors (Lipinski definition) is 1. The third kappa shape index (κ3) is 2.71. The van der Waals surface area contributed by atoms with Crippen molar-refractivity contribution in [2.45, 2.75) is 19.9 Å². The predicted octanol–water partition coefficient (Wildman–Crippen LogP) is 2.26. The van der Waals surface area contributed by atoms with Gasteiger partial charge in [0.15, 0.2) is 0 Å². The van der Waals surface area contributed by atoms with E-state index in [1.165, 1.54) is 6.92 Å². The van der Waals surface area contributed by atoms with Gasteiger partial charge in [0.05, 0.1) is 4.91 Å². The van der Waals surface area contributed by atoms with E-state index in [1.54, 1.807) is 25.1 Å². The Bertz CT molecular complexity index is 590. The van der Waals surface area contributed by atoms with E-state index >= 15 is 0 Å². The molecule has 1 aliphatic heterocycles. The number of aryl methyl sites for hydroxylation is 1. The Morgan fingerprint density at radius 3 is 2.79 bits per heavy atom. The molecule has 1 aromatic rings. The van der Waals surface area contributed by atoms with Gasteiger partial charge in [-0.05, 0) is 26.0 Å². The zero-order valence-electron chi connectivity index (χ0n) is 10.2. The van der Waals surface area contributed by atoms with Crippen molar-refractivity contribution in [2.24, 2.45) is 0 Å². The molecule has 0 unspecified atom stereocenters. The van der Waals surface area contributed by atoms with Crippen molar-refractivity contribution < 1.29 is 19.1 Å². The van der Waals surface area contributed by atoms with Gasteiger partial charge in [-0.2, -0.15) is 0 Å². The van der Waals surface area contributed by atoms with Crippen LogP contribution in [-0.4, -0.2) is 32.2 Å². The van der Waals surface area contributed by atoms with Gasteiger partial charge in [0.1, 0.15) is 21.9 Å². The summed E-state index contributed by atoms with van der Waals surface area (Å²) in [5.41, 5.74) is 0. The quantitative estimate of drug-likeness (QED) is 0.681. The summed E-state index contributed by atoms with van der Waals surface area (Å²) < 4.78 is 5.60. The van der Waals surface area contributed by atoms with E-state index in [1.807, 2.05) is 0 Å². The van der Waals surface area contributed by atoms with Gasteiger partial charge >= 0.3 is 5.97 Å². The molecule has 0 radical (unpaired) electrons. The first kappa shape index (κ1) is 13.8. The molecule has 1 saturated heterocycles. The highest BCUT2D eigenvalue weighted by Gasteiger charge is 2.38. The molecule has 0 aromatic carbocycles. The minimum atomic E-state index is -1.09. The summed E-state index contributed by atoms with van der Waals surface area (Å²) in [6.45, 7) is 3.22. The van der Waals surface area contributed by atoms with E-state index in [2.05, 4.69) is 0 Å². The monoisotopic (exact) mass is 297 g/mol. The number of furan rings is 1.